The van der Waals surface area contributed by atoms with Crippen molar-refractivity contribution < 1.29 is 5.11 Å². The molecule has 1 aromatic carbocycles. The van der Waals surface area contributed by atoms with Crippen molar-refractivity contribution in [3.05, 3.63) is 34.9 Å². The number of hydrogen-bond donors (Lipinski definition) is 2. The van der Waals surface area contributed by atoms with Crippen LogP contribution in [0.3, 0.4) is 0 Å². The molecule has 1 saturated heterocycles. The highest BCUT2D eigenvalue weighted by Gasteiger charge is 2.30. The smallest absolute Gasteiger partial charge is 0.0869 e. The lowest BCUT2D eigenvalue weighted by Crippen LogP contribution is -2.40. The van der Waals surface area contributed by atoms with Crippen LogP contribution in [0.25, 0.3) is 0 Å². The van der Waals surface area contributed by atoms with Crippen LogP contribution in [0, 0.1) is 13.8 Å². The Morgan fingerprint density at radius 2 is 2.06 bits per heavy atom. The molecule has 94 valence electrons. The summed E-state index contributed by atoms with van der Waals surface area (Å²) in [4.78, 5) is 0. The lowest BCUT2D eigenvalue weighted by atomic mass is 10.0. The van der Waals surface area contributed by atoms with Gasteiger partial charge in [-0.15, -0.1) is 0 Å². The topological polar surface area (TPSA) is 32.3 Å². The average Bonchev–Trinajstić information content (AvgIpc) is 2.70. The predicted octanol–water partition coefficient (Wildman–Crippen LogP) is 2.26. The Morgan fingerprint density at radius 1 is 1.35 bits per heavy atom. The zero-order valence-corrected chi connectivity index (χ0v) is 11.4. The molecule has 1 heterocycles. The third-order valence-electron chi connectivity index (χ3n) is 3.48. The highest BCUT2D eigenvalue weighted by molar-refractivity contribution is 7.99. The molecular weight excluding hydrogens is 230 g/mol. The van der Waals surface area contributed by atoms with Gasteiger partial charge < -0.3 is 10.4 Å². The monoisotopic (exact) mass is 251 g/mol. The molecule has 0 aromatic heterocycles. The standard InChI is InChI=1S/C14H21NOS/c1-11-4-3-5-12(2)13(11)8-15-9-14(16)6-7-17-10-14/h3-5,15-16H,6-10H2,1-2H3. The van der Waals surface area contributed by atoms with Crippen molar-refractivity contribution >= 4 is 11.8 Å². The van der Waals surface area contributed by atoms with Gasteiger partial charge in [0.05, 0.1) is 5.60 Å². The van der Waals surface area contributed by atoms with Gasteiger partial charge in [0.1, 0.15) is 0 Å². The van der Waals surface area contributed by atoms with Crippen molar-refractivity contribution in [2.75, 3.05) is 18.1 Å². The summed E-state index contributed by atoms with van der Waals surface area (Å²) in [6.07, 6.45) is 0.914. The molecule has 0 spiro atoms. The van der Waals surface area contributed by atoms with Crippen LogP contribution in [0.4, 0.5) is 0 Å². The van der Waals surface area contributed by atoms with E-state index >= 15 is 0 Å². The van der Waals surface area contributed by atoms with Gasteiger partial charge in [-0.05, 0) is 42.7 Å². The second kappa shape index (κ2) is 5.42. The Labute approximate surface area is 108 Å². The van der Waals surface area contributed by atoms with Crippen molar-refractivity contribution in [2.45, 2.75) is 32.4 Å². The molecule has 0 amide bonds. The Kier molecular flexibility index (Phi) is 4.13. The van der Waals surface area contributed by atoms with Gasteiger partial charge in [0.25, 0.3) is 0 Å². The third kappa shape index (κ3) is 3.24. The second-order valence-corrected chi connectivity index (χ2v) is 6.11. The van der Waals surface area contributed by atoms with Gasteiger partial charge in [0.2, 0.25) is 0 Å². The van der Waals surface area contributed by atoms with Crippen LogP contribution < -0.4 is 5.32 Å². The molecule has 0 saturated carbocycles. The number of hydrogen-bond acceptors (Lipinski definition) is 3. The molecule has 3 heteroatoms. The first-order chi connectivity index (χ1) is 8.11. The minimum atomic E-state index is -0.485. The third-order valence-corrected chi connectivity index (χ3v) is 4.72. The van der Waals surface area contributed by atoms with Crippen LogP contribution in [0.15, 0.2) is 18.2 Å². The maximum atomic E-state index is 10.2. The quantitative estimate of drug-likeness (QED) is 0.861. The van der Waals surface area contributed by atoms with Gasteiger partial charge in [-0.1, -0.05) is 18.2 Å². The molecule has 2 N–H and O–H groups in total. The molecule has 2 rings (SSSR count). The maximum Gasteiger partial charge on any atom is 0.0869 e. The number of benzene rings is 1. The summed E-state index contributed by atoms with van der Waals surface area (Å²) in [6, 6.07) is 6.38. The number of rotatable bonds is 4. The molecule has 1 atom stereocenters. The minimum Gasteiger partial charge on any atom is -0.388 e. The Morgan fingerprint density at radius 3 is 2.65 bits per heavy atom. The van der Waals surface area contributed by atoms with E-state index in [1.165, 1.54) is 16.7 Å². The number of aryl methyl sites for hydroxylation is 2. The van der Waals surface area contributed by atoms with Gasteiger partial charge in [-0.25, -0.2) is 0 Å². The molecule has 1 aromatic rings. The fraction of sp³-hybridized carbons (Fsp3) is 0.571. The van der Waals surface area contributed by atoms with Gasteiger partial charge in [0, 0.05) is 18.8 Å². The minimum absolute atomic E-state index is 0.485. The molecular formula is C14H21NOS. The molecule has 1 unspecified atom stereocenters. The van der Waals surface area contributed by atoms with E-state index in [4.69, 9.17) is 0 Å². The summed E-state index contributed by atoms with van der Waals surface area (Å²) in [5, 5.41) is 13.6. The molecule has 1 fully saturated rings. The normalized spacial score (nSPS) is 24.2. The summed E-state index contributed by atoms with van der Waals surface area (Å²) in [5.41, 5.74) is 3.53. The van der Waals surface area contributed by atoms with E-state index in [9.17, 15) is 5.11 Å². The van der Waals surface area contributed by atoms with Gasteiger partial charge in [0.15, 0.2) is 0 Å². The zero-order valence-electron chi connectivity index (χ0n) is 10.6. The fourth-order valence-electron chi connectivity index (χ4n) is 2.28. The molecule has 1 aliphatic heterocycles. The fourth-order valence-corrected chi connectivity index (χ4v) is 3.58. The first-order valence-corrected chi connectivity index (χ1v) is 7.32. The summed E-state index contributed by atoms with van der Waals surface area (Å²) in [6.45, 7) is 5.84. The average molecular weight is 251 g/mol. The van der Waals surface area contributed by atoms with E-state index in [1.807, 2.05) is 11.8 Å². The number of aliphatic hydroxyl groups is 1. The van der Waals surface area contributed by atoms with Crippen LogP contribution in [0.1, 0.15) is 23.1 Å². The highest BCUT2D eigenvalue weighted by atomic mass is 32.2. The zero-order chi connectivity index (χ0) is 12.3. The molecule has 2 nitrogen and oxygen atoms in total. The Hall–Kier alpha value is -0.510. The molecule has 17 heavy (non-hydrogen) atoms. The van der Waals surface area contributed by atoms with Crippen LogP contribution in [-0.2, 0) is 6.54 Å². The van der Waals surface area contributed by atoms with Crippen LogP contribution in [-0.4, -0.2) is 28.8 Å². The van der Waals surface area contributed by atoms with Crippen LogP contribution in [0.5, 0.6) is 0 Å². The lowest BCUT2D eigenvalue weighted by Gasteiger charge is -2.22. The molecule has 0 bridgehead atoms. The molecule has 1 aliphatic rings. The SMILES string of the molecule is Cc1cccc(C)c1CNCC1(O)CCSC1. The summed E-state index contributed by atoms with van der Waals surface area (Å²) < 4.78 is 0. The summed E-state index contributed by atoms with van der Waals surface area (Å²) in [7, 11) is 0. The maximum absolute atomic E-state index is 10.2. The van der Waals surface area contributed by atoms with Gasteiger partial charge in [-0.2, -0.15) is 11.8 Å². The van der Waals surface area contributed by atoms with Gasteiger partial charge >= 0.3 is 0 Å². The predicted molar refractivity (Wildman–Crippen MR) is 74.5 cm³/mol. The van der Waals surface area contributed by atoms with E-state index in [0.29, 0.717) is 6.54 Å². The van der Waals surface area contributed by atoms with Crippen molar-refractivity contribution in [3.8, 4) is 0 Å². The number of nitrogens with one attached hydrogen (secondary N) is 1. The van der Waals surface area contributed by atoms with Crippen molar-refractivity contribution in [1.29, 1.82) is 0 Å². The van der Waals surface area contributed by atoms with E-state index in [1.54, 1.807) is 0 Å². The largest absolute Gasteiger partial charge is 0.388 e. The lowest BCUT2D eigenvalue weighted by molar-refractivity contribution is 0.0674. The van der Waals surface area contributed by atoms with E-state index in [0.717, 1.165) is 24.5 Å². The highest BCUT2D eigenvalue weighted by Crippen LogP contribution is 2.27. The second-order valence-electron chi connectivity index (χ2n) is 5.00. The van der Waals surface area contributed by atoms with E-state index in [2.05, 4.69) is 37.4 Å². The van der Waals surface area contributed by atoms with Crippen molar-refractivity contribution in [3.63, 3.8) is 0 Å². The molecule has 0 radical (unpaired) electrons. The summed E-state index contributed by atoms with van der Waals surface area (Å²) in [5.74, 6) is 1.95. The van der Waals surface area contributed by atoms with E-state index < -0.39 is 5.60 Å². The number of thioether (sulfide) groups is 1. The van der Waals surface area contributed by atoms with Crippen molar-refractivity contribution in [1.82, 2.24) is 5.32 Å². The van der Waals surface area contributed by atoms with Crippen LogP contribution >= 0.6 is 11.8 Å². The van der Waals surface area contributed by atoms with Crippen LogP contribution in [0.2, 0.25) is 0 Å². The Bertz CT molecular complexity index is 366. The van der Waals surface area contributed by atoms with Crippen molar-refractivity contribution in [2.24, 2.45) is 0 Å². The van der Waals surface area contributed by atoms with E-state index in [-0.39, 0.29) is 0 Å². The molecule has 0 aliphatic carbocycles. The first-order valence-electron chi connectivity index (χ1n) is 6.17. The summed E-state index contributed by atoms with van der Waals surface area (Å²) >= 11 is 1.84. The first kappa shape index (κ1) is 12.9. The Balaban J connectivity index is 1.90. The van der Waals surface area contributed by atoms with Gasteiger partial charge in [-0.3, -0.25) is 0 Å².